The summed E-state index contributed by atoms with van der Waals surface area (Å²) in [5.41, 5.74) is 0.860. The molecule has 1 aromatic carbocycles. The molecule has 1 amide bonds. The van der Waals surface area contributed by atoms with Crippen LogP contribution in [0, 0.1) is 0 Å². The second kappa shape index (κ2) is 5.55. The van der Waals surface area contributed by atoms with E-state index < -0.39 is 0 Å². The first-order valence-corrected chi connectivity index (χ1v) is 6.01. The molecule has 0 aliphatic carbocycles. The number of nitrogens with zero attached hydrogens (tertiary/aromatic N) is 1. The van der Waals surface area contributed by atoms with Gasteiger partial charge in [0.1, 0.15) is 6.04 Å². The molecule has 0 aliphatic rings. The van der Waals surface area contributed by atoms with Crippen LogP contribution in [-0.4, -0.2) is 30.9 Å². The zero-order chi connectivity index (χ0) is 12.3. The molecule has 1 atom stereocenters. The summed E-state index contributed by atoms with van der Waals surface area (Å²) in [6, 6.07) is 5.21. The summed E-state index contributed by atoms with van der Waals surface area (Å²) in [7, 11) is 3.47. The molecule has 0 saturated heterocycles. The van der Waals surface area contributed by atoms with E-state index in [0.29, 0.717) is 5.02 Å². The van der Waals surface area contributed by atoms with E-state index in [-0.39, 0.29) is 11.9 Å². The molecule has 1 N–H and O–H groups in total. The third kappa shape index (κ3) is 3.39. The summed E-state index contributed by atoms with van der Waals surface area (Å²) in [5, 5.41) is 3.76. The van der Waals surface area contributed by atoms with Crippen molar-refractivity contribution in [3.8, 4) is 0 Å². The lowest BCUT2D eigenvalue weighted by molar-refractivity contribution is -0.129. The van der Waals surface area contributed by atoms with Gasteiger partial charge in [0.15, 0.2) is 0 Å². The molecule has 3 nitrogen and oxygen atoms in total. The molecule has 1 aromatic rings. The standard InChI is InChI=1S/C11H14BrClN2O/c1-7(11(16)15(2)3)14-8-4-5-10(13)9(12)6-8/h4-7,14H,1-3H3. The third-order valence-electron chi connectivity index (χ3n) is 2.11. The quantitative estimate of drug-likeness (QED) is 0.931. The van der Waals surface area contributed by atoms with Gasteiger partial charge in [0.25, 0.3) is 0 Å². The van der Waals surface area contributed by atoms with Gasteiger partial charge in [-0.15, -0.1) is 0 Å². The minimum Gasteiger partial charge on any atom is -0.374 e. The van der Waals surface area contributed by atoms with Crippen LogP contribution >= 0.6 is 27.5 Å². The van der Waals surface area contributed by atoms with Gasteiger partial charge >= 0.3 is 0 Å². The average molecular weight is 306 g/mol. The Morgan fingerprint density at radius 3 is 2.62 bits per heavy atom. The predicted molar refractivity (Wildman–Crippen MR) is 70.9 cm³/mol. The normalized spacial score (nSPS) is 12.1. The Bertz CT molecular complexity index is 396. The third-order valence-corrected chi connectivity index (χ3v) is 3.33. The van der Waals surface area contributed by atoms with E-state index in [1.165, 1.54) is 0 Å². The van der Waals surface area contributed by atoms with Crippen LogP contribution in [0.2, 0.25) is 5.02 Å². The van der Waals surface area contributed by atoms with E-state index in [4.69, 9.17) is 11.6 Å². The van der Waals surface area contributed by atoms with Gasteiger partial charge in [0.2, 0.25) is 5.91 Å². The monoisotopic (exact) mass is 304 g/mol. The molecule has 0 bridgehead atoms. The molecular formula is C11H14BrClN2O. The maximum Gasteiger partial charge on any atom is 0.244 e. The van der Waals surface area contributed by atoms with Crippen molar-refractivity contribution in [1.82, 2.24) is 4.90 Å². The highest BCUT2D eigenvalue weighted by molar-refractivity contribution is 9.10. The van der Waals surface area contributed by atoms with E-state index in [2.05, 4.69) is 21.2 Å². The second-order valence-electron chi connectivity index (χ2n) is 3.73. The van der Waals surface area contributed by atoms with Crippen LogP contribution < -0.4 is 5.32 Å². The van der Waals surface area contributed by atoms with Crippen molar-refractivity contribution in [2.45, 2.75) is 13.0 Å². The number of halogens is 2. The minimum absolute atomic E-state index is 0.0334. The largest absolute Gasteiger partial charge is 0.374 e. The number of amides is 1. The van der Waals surface area contributed by atoms with Gasteiger partial charge in [0.05, 0.1) is 5.02 Å². The minimum atomic E-state index is -0.261. The SMILES string of the molecule is CC(Nc1ccc(Cl)c(Br)c1)C(=O)N(C)C. The van der Waals surface area contributed by atoms with Crippen molar-refractivity contribution in [2.24, 2.45) is 0 Å². The summed E-state index contributed by atoms with van der Waals surface area (Å²) in [6.45, 7) is 1.82. The van der Waals surface area contributed by atoms with Crippen LogP contribution in [0.15, 0.2) is 22.7 Å². The number of benzene rings is 1. The van der Waals surface area contributed by atoms with Crippen LogP contribution in [0.25, 0.3) is 0 Å². The van der Waals surface area contributed by atoms with E-state index >= 15 is 0 Å². The smallest absolute Gasteiger partial charge is 0.244 e. The number of anilines is 1. The van der Waals surface area contributed by atoms with Crippen LogP contribution in [0.5, 0.6) is 0 Å². The Morgan fingerprint density at radius 2 is 2.12 bits per heavy atom. The van der Waals surface area contributed by atoms with Crippen LogP contribution in [0.4, 0.5) is 5.69 Å². The molecule has 1 unspecified atom stereocenters. The number of hydrogen-bond donors (Lipinski definition) is 1. The first-order chi connectivity index (χ1) is 7.41. The zero-order valence-electron chi connectivity index (χ0n) is 9.42. The van der Waals surface area contributed by atoms with Gasteiger partial charge in [-0.2, -0.15) is 0 Å². The van der Waals surface area contributed by atoms with Gasteiger partial charge in [-0.3, -0.25) is 4.79 Å². The fraction of sp³-hybridized carbons (Fsp3) is 0.364. The lowest BCUT2D eigenvalue weighted by Gasteiger charge is -2.19. The maximum absolute atomic E-state index is 11.6. The molecule has 5 heteroatoms. The Morgan fingerprint density at radius 1 is 1.50 bits per heavy atom. The van der Waals surface area contributed by atoms with Crippen LogP contribution in [-0.2, 0) is 4.79 Å². The van der Waals surface area contributed by atoms with E-state index in [9.17, 15) is 4.79 Å². The van der Waals surface area contributed by atoms with E-state index in [1.807, 2.05) is 19.1 Å². The zero-order valence-corrected chi connectivity index (χ0v) is 11.8. The van der Waals surface area contributed by atoms with E-state index in [1.54, 1.807) is 25.1 Å². The summed E-state index contributed by atoms with van der Waals surface area (Å²) < 4.78 is 0.809. The van der Waals surface area contributed by atoms with Crippen molar-refractivity contribution in [3.63, 3.8) is 0 Å². The van der Waals surface area contributed by atoms with Crippen LogP contribution in [0.1, 0.15) is 6.92 Å². The van der Waals surface area contributed by atoms with Crippen LogP contribution in [0.3, 0.4) is 0 Å². The molecule has 0 aliphatic heterocycles. The Hall–Kier alpha value is -0.740. The Kier molecular flexibility index (Phi) is 4.62. The molecule has 0 aromatic heterocycles. The molecule has 16 heavy (non-hydrogen) atoms. The first-order valence-electron chi connectivity index (χ1n) is 4.84. The van der Waals surface area contributed by atoms with Gasteiger partial charge in [-0.25, -0.2) is 0 Å². The highest BCUT2D eigenvalue weighted by Gasteiger charge is 2.14. The maximum atomic E-state index is 11.6. The molecule has 0 radical (unpaired) electrons. The fourth-order valence-corrected chi connectivity index (χ4v) is 1.78. The van der Waals surface area contributed by atoms with Gasteiger partial charge in [-0.1, -0.05) is 11.6 Å². The first kappa shape index (κ1) is 13.3. The van der Waals surface area contributed by atoms with Gasteiger partial charge in [0, 0.05) is 24.3 Å². The number of rotatable bonds is 3. The second-order valence-corrected chi connectivity index (χ2v) is 4.99. The highest BCUT2D eigenvalue weighted by Crippen LogP contribution is 2.25. The molecule has 0 fully saturated rings. The fourth-order valence-electron chi connectivity index (χ4n) is 1.28. The molecule has 88 valence electrons. The van der Waals surface area contributed by atoms with Crippen molar-refractivity contribution >= 4 is 39.1 Å². The summed E-state index contributed by atoms with van der Waals surface area (Å²) >= 11 is 9.22. The number of likely N-dealkylation sites (N-methyl/N-ethyl adjacent to an activating group) is 1. The highest BCUT2D eigenvalue weighted by atomic mass is 79.9. The van der Waals surface area contributed by atoms with Crippen molar-refractivity contribution in [2.75, 3.05) is 19.4 Å². The number of carbonyl (C=O) groups excluding carboxylic acids is 1. The average Bonchev–Trinajstić information content (AvgIpc) is 2.22. The lowest BCUT2D eigenvalue weighted by Crippen LogP contribution is -2.36. The van der Waals surface area contributed by atoms with E-state index in [0.717, 1.165) is 10.2 Å². The molecular weight excluding hydrogens is 291 g/mol. The number of nitrogens with one attached hydrogen (secondary N) is 1. The van der Waals surface area contributed by atoms with Gasteiger partial charge in [-0.05, 0) is 41.1 Å². The Balaban J connectivity index is 2.73. The lowest BCUT2D eigenvalue weighted by atomic mass is 10.2. The number of carbonyl (C=O) groups is 1. The summed E-state index contributed by atoms with van der Waals surface area (Å²) in [4.78, 5) is 13.2. The molecule has 0 spiro atoms. The molecule has 0 heterocycles. The van der Waals surface area contributed by atoms with Crippen molar-refractivity contribution < 1.29 is 4.79 Å². The topological polar surface area (TPSA) is 32.3 Å². The summed E-state index contributed by atoms with van der Waals surface area (Å²) in [5.74, 6) is 0.0334. The van der Waals surface area contributed by atoms with Crippen molar-refractivity contribution in [1.29, 1.82) is 0 Å². The van der Waals surface area contributed by atoms with Gasteiger partial charge < -0.3 is 10.2 Å². The summed E-state index contributed by atoms with van der Waals surface area (Å²) in [6.07, 6.45) is 0. The molecule has 0 saturated carbocycles. The molecule has 1 rings (SSSR count). The predicted octanol–water partition coefficient (Wildman–Crippen LogP) is 2.99. The van der Waals surface area contributed by atoms with Crippen molar-refractivity contribution in [3.05, 3.63) is 27.7 Å². The Labute approximate surface area is 109 Å². The number of hydrogen-bond acceptors (Lipinski definition) is 2.